The molecule has 1 N–H and O–H groups in total. The Kier molecular flexibility index (Phi) is 3.36. The summed E-state index contributed by atoms with van der Waals surface area (Å²) in [4.78, 5) is 15.0. The molecule has 3 rings (SSSR count). The Labute approximate surface area is 117 Å². The molecule has 1 amide bonds. The minimum Gasteiger partial charge on any atom is -0.323 e. The van der Waals surface area contributed by atoms with Crippen LogP contribution in [-0.2, 0) is 4.79 Å². The molecule has 3 aliphatic rings. The van der Waals surface area contributed by atoms with E-state index in [1.807, 2.05) is 0 Å². The summed E-state index contributed by atoms with van der Waals surface area (Å²) in [6.45, 7) is 6.85. The van der Waals surface area contributed by atoms with Gasteiger partial charge in [-0.2, -0.15) is 0 Å². The van der Waals surface area contributed by atoms with Gasteiger partial charge >= 0.3 is 0 Å². The van der Waals surface area contributed by atoms with Crippen LogP contribution in [0.1, 0.15) is 65.7 Å². The van der Waals surface area contributed by atoms with Crippen LogP contribution in [0.15, 0.2) is 0 Å². The van der Waals surface area contributed by atoms with Gasteiger partial charge < -0.3 is 4.90 Å². The third-order valence-electron chi connectivity index (χ3n) is 5.17. The molecule has 1 heterocycles. The van der Waals surface area contributed by atoms with E-state index in [1.54, 1.807) is 0 Å². The number of rotatable bonds is 3. The van der Waals surface area contributed by atoms with Crippen LogP contribution in [0.25, 0.3) is 0 Å². The number of hydrogen-bond donors (Lipinski definition) is 1. The van der Waals surface area contributed by atoms with Crippen LogP contribution in [0.3, 0.4) is 0 Å². The van der Waals surface area contributed by atoms with Crippen molar-refractivity contribution in [3.8, 4) is 0 Å². The molecule has 3 unspecified atom stereocenters. The predicted octanol–water partition coefficient (Wildman–Crippen LogP) is 2.90. The number of amides is 1. The van der Waals surface area contributed by atoms with E-state index < -0.39 is 0 Å². The van der Waals surface area contributed by atoms with Gasteiger partial charge in [0.2, 0.25) is 5.91 Å². The Morgan fingerprint density at radius 1 is 1.37 bits per heavy atom. The maximum absolute atomic E-state index is 12.8. The highest BCUT2D eigenvalue weighted by atomic mass is 16.2. The van der Waals surface area contributed by atoms with Crippen LogP contribution in [0.5, 0.6) is 0 Å². The van der Waals surface area contributed by atoms with Crippen LogP contribution in [0.4, 0.5) is 0 Å². The quantitative estimate of drug-likeness (QED) is 0.850. The van der Waals surface area contributed by atoms with E-state index >= 15 is 0 Å². The first-order chi connectivity index (χ1) is 9.02. The van der Waals surface area contributed by atoms with Gasteiger partial charge in [0.15, 0.2) is 0 Å². The van der Waals surface area contributed by atoms with Gasteiger partial charge in [0.05, 0.1) is 11.7 Å². The SMILES string of the molecule is CC(C)CC1NC2(CC2)C(=O)N1C1CCCC(C)C1. The van der Waals surface area contributed by atoms with E-state index in [4.69, 9.17) is 0 Å². The zero-order valence-electron chi connectivity index (χ0n) is 12.6. The van der Waals surface area contributed by atoms with Crippen molar-refractivity contribution in [1.29, 1.82) is 0 Å². The van der Waals surface area contributed by atoms with Crippen LogP contribution < -0.4 is 5.32 Å². The van der Waals surface area contributed by atoms with Gasteiger partial charge in [-0.15, -0.1) is 0 Å². The van der Waals surface area contributed by atoms with Gasteiger partial charge in [0, 0.05) is 6.04 Å². The first-order valence-corrected chi connectivity index (χ1v) is 8.12. The highest BCUT2D eigenvalue weighted by Gasteiger charge is 2.60. The van der Waals surface area contributed by atoms with E-state index in [2.05, 4.69) is 31.0 Å². The van der Waals surface area contributed by atoms with Crippen molar-refractivity contribution in [1.82, 2.24) is 10.2 Å². The van der Waals surface area contributed by atoms with E-state index in [1.165, 1.54) is 25.7 Å². The summed E-state index contributed by atoms with van der Waals surface area (Å²) in [5, 5.41) is 3.66. The highest BCUT2D eigenvalue weighted by molar-refractivity contribution is 5.92. The van der Waals surface area contributed by atoms with Crippen LogP contribution in [0, 0.1) is 11.8 Å². The minimum absolute atomic E-state index is 0.139. The monoisotopic (exact) mass is 264 g/mol. The second kappa shape index (κ2) is 4.76. The lowest BCUT2D eigenvalue weighted by Crippen LogP contribution is -2.47. The lowest BCUT2D eigenvalue weighted by molar-refractivity contribution is -0.134. The Balaban J connectivity index is 1.77. The molecular formula is C16H28N2O. The molecule has 0 aromatic carbocycles. The summed E-state index contributed by atoms with van der Waals surface area (Å²) in [6, 6.07) is 0.493. The van der Waals surface area contributed by atoms with Crippen molar-refractivity contribution in [2.24, 2.45) is 11.8 Å². The van der Waals surface area contributed by atoms with E-state index in [9.17, 15) is 4.79 Å². The number of carbonyl (C=O) groups excluding carboxylic acids is 1. The van der Waals surface area contributed by atoms with Gasteiger partial charge in [0.25, 0.3) is 0 Å². The molecule has 108 valence electrons. The third kappa shape index (κ3) is 2.42. The Morgan fingerprint density at radius 3 is 2.68 bits per heavy atom. The third-order valence-corrected chi connectivity index (χ3v) is 5.17. The van der Waals surface area contributed by atoms with Gasteiger partial charge in [-0.1, -0.05) is 33.6 Å². The molecule has 2 aliphatic carbocycles. The zero-order valence-corrected chi connectivity index (χ0v) is 12.6. The maximum Gasteiger partial charge on any atom is 0.244 e. The Hall–Kier alpha value is -0.570. The number of nitrogens with zero attached hydrogens (tertiary/aromatic N) is 1. The average Bonchev–Trinajstić information content (AvgIpc) is 3.03. The topological polar surface area (TPSA) is 32.3 Å². The molecule has 0 radical (unpaired) electrons. The molecule has 3 heteroatoms. The second-order valence-corrected chi connectivity index (χ2v) is 7.51. The van der Waals surface area contributed by atoms with Gasteiger partial charge in [-0.3, -0.25) is 10.1 Å². The molecule has 3 atom stereocenters. The molecule has 3 nitrogen and oxygen atoms in total. The van der Waals surface area contributed by atoms with Crippen molar-refractivity contribution in [3.05, 3.63) is 0 Å². The molecule has 3 fully saturated rings. The fourth-order valence-electron chi connectivity index (χ4n) is 4.02. The lowest BCUT2D eigenvalue weighted by Gasteiger charge is -2.38. The predicted molar refractivity (Wildman–Crippen MR) is 76.6 cm³/mol. The van der Waals surface area contributed by atoms with Crippen molar-refractivity contribution in [2.45, 2.75) is 83.5 Å². The van der Waals surface area contributed by atoms with Crippen LogP contribution >= 0.6 is 0 Å². The van der Waals surface area contributed by atoms with Crippen molar-refractivity contribution in [2.75, 3.05) is 0 Å². The minimum atomic E-state index is -0.139. The van der Waals surface area contributed by atoms with Gasteiger partial charge in [-0.25, -0.2) is 0 Å². The summed E-state index contributed by atoms with van der Waals surface area (Å²) >= 11 is 0. The number of carbonyl (C=O) groups is 1. The first-order valence-electron chi connectivity index (χ1n) is 8.12. The van der Waals surface area contributed by atoms with Crippen molar-refractivity contribution >= 4 is 5.91 Å². The molecule has 1 spiro atoms. The van der Waals surface area contributed by atoms with Gasteiger partial charge in [0.1, 0.15) is 0 Å². The van der Waals surface area contributed by atoms with Gasteiger partial charge in [-0.05, 0) is 43.9 Å². The van der Waals surface area contributed by atoms with E-state index in [-0.39, 0.29) is 5.54 Å². The molecule has 0 aromatic heterocycles. The fraction of sp³-hybridized carbons (Fsp3) is 0.938. The smallest absolute Gasteiger partial charge is 0.244 e. The maximum atomic E-state index is 12.8. The zero-order chi connectivity index (χ0) is 13.6. The summed E-state index contributed by atoms with van der Waals surface area (Å²) in [5.74, 6) is 1.84. The average molecular weight is 264 g/mol. The number of nitrogens with one attached hydrogen (secondary N) is 1. The van der Waals surface area contributed by atoms with E-state index in [0.29, 0.717) is 24.0 Å². The second-order valence-electron chi connectivity index (χ2n) is 7.51. The summed E-state index contributed by atoms with van der Waals surface area (Å²) in [6.07, 6.45) is 8.55. The fourth-order valence-corrected chi connectivity index (χ4v) is 4.02. The standard InChI is InChI=1S/C16H28N2O/c1-11(2)9-14-17-16(7-8-16)15(19)18(14)13-6-4-5-12(3)10-13/h11-14,17H,4-10H2,1-3H3. The van der Waals surface area contributed by atoms with Crippen LogP contribution in [0.2, 0.25) is 0 Å². The van der Waals surface area contributed by atoms with Crippen molar-refractivity contribution < 1.29 is 4.79 Å². The normalized spacial score (nSPS) is 37.4. The van der Waals surface area contributed by atoms with E-state index in [0.717, 1.165) is 25.2 Å². The molecule has 1 aliphatic heterocycles. The molecule has 19 heavy (non-hydrogen) atoms. The highest BCUT2D eigenvalue weighted by Crippen LogP contribution is 2.45. The Morgan fingerprint density at radius 2 is 2.11 bits per heavy atom. The summed E-state index contributed by atoms with van der Waals surface area (Å²) in [7, 11) is 0. The summed E-state index contributed by atoms with van der Waals surface area (Å²) in [5.41, 5.74) is -0.139. The lowest BCUT2D eigenvalue weighted by atomic mass is 9.85. The molecule has 1 saturated heterocycles. The van der Waals surface area contributed by atoms with Crippen LogP contribution in [-0.4, -0.2) is 28.6 Å². The number of hydrogen-bond acceptors (Lipinski definition) is 2. The molecular weight excluding hydrogens is 236 g/mol. The first kappa shape index (κ1) is 13.4. The molecule has 0 bridgehead atoms. The molecule has 2 saturated carbocycles. The van der Waals surface area contributed by atoms with Crippen molar-refractivity contribution in [3.63, 3.8) is 0 Å². The largest absolute Gasteiger partial charge is 0.323 e. The molecule has 0 aromatic rings. The Bertz CT molecular complexity index is 362. The summed E-state index contributed by atoms with van der Waals surface area (Å²) < 4.78 is 0.